The third-order valence-electron chi connectivity index (χ3n) is 4.91. The topological polar surface area (TPSA) is 54.5 Å². The Hall–Kier alpha value is -2.63. The van der Waals surface area contributed by atoms with Gasteiger partial charge in [0.05, 0.1) is 19.1 Å². The zero-order valence-electron chi connectivity index (χ0n) is 14.7. The molecule has 1 aliphatic heterocycles. The number of carbonyl (C=O) groups is 1. The van der Waals surface area contributed by atoms with Gasteiger partial charge in [-0.15, -0.1) is 0 Å². The number of hydrogen-bond acceptors (Lipinski definition) is 4. The number of rotatable bonds is 6. The summed E-state index contributed by atoms with van der Waals surface area (Å²) < 4.78 is 18.8. The first-order valence-corrected chi connectivity index (χ1v) is 9.02. The number of aromatic nitrogens is 1. The van der Waals surface area contributed by atoms with Crippen LogP contribution in [0.1, 0.15) is 31.4 Å². The van der Waals surface area contributed by atoms with Gasteiger partial charge in [-0.1, -0.05) is 12.1 Å². The van der Waals surface area contributed by atoms with Gasteiger partial charge < -0.3 is 15.0 Å². The third-order valence-corrected chi connectivity index (χ3v) is 4.91. The number of halogens is 1. The summed E-state index contributed by atoms with van der Waals surface area (Å²) in [7, 11) is 0. The molecule has 1 aromatic carbocycles. The Balaban J connectivity index is 1.28. The van der Waals surface area contributed by atoms with Crippen LogP contribution in [0.3, 0.4) is 0 Å². The van der Waals surface area contributed by atoms with Crippen molar-refractivity contribution in [3.63, 3.8) is 0 Å². The number of anilines is 1. The minimum atomic E-state index is -0.530. The zero-order chi connectivity index (χ0) is 18.1. The Morgan fingerprint density at radius 2 is 2.00 bits per heavy atom. The molecule has 0 bridgehead atoms. The zero-order valence-corrected chi connectivity index (χ0v) is 14.7. The standard InChI is InChI=1S/C20H22FN3O2/c1-13(23-20(25)15-2-3-15)14-4-6-16(7-5-14)24-11-18(12-24)26-17-8-9-22-19(21)10-17/h4-10,13,15,18H,2-3,11-12H2,1H3,(H,23,25)/t13-/m0/s1. The van der Waals surface area contributed by atoms with Gasteiger partial charge in [0.25, 0.3) is 0 Å². The monoisotopic (exact) mass is 355 g/mol. The first-order chi connectivity index (χ1) is 12.6. The molecule has 1 aliphatic carbocycles. The lowest BCUT2D eigenvalue weighted by Gasteiger charge is -2.40. The molecule has 2 aliphatic rings. The highest BCUT2D eigenvalue weighted by atomic mass is 19.1. The Morgan fingerprint density at radius 3 is 2.65 bits per heavy atom. The van der Waals surface area contributed by atoms with E-state index in [1.54, 1.807) is 6.07 Å². The Morgan fingerprint density at radius 1 is 1.27 bits per heavy atom. The molecular formula is C20H22FN3O2. The van der Waals surface area contributed by atoms with Gasteiger partial charge in [-0.05, 0) is 43.5 Å². The highest BCUT2D eigenvalue weighted by molar-refractivity contribution is 5.81. The van der Waals surface area contributed by atoms with Gasteiger partial charge in [0.15, 0.2) is 0 Å². The minimum absolute atomic E-state index is 0.0196. The first-order valence-electron chi connectivity index (χ1n) is 9.02. The smallest absolute Gasteiger partial charge is 0.223 e. The van der Waals surface area contributed by atoms with Crippen molar-refractivity contribution in [3.8, 4) is 5.75 Å². The molecule has 0 spiro atoms. The fourth-order valence-electron chi connectivity index (χ4n) is 3.11. The van der Waals surface area contributed by atoms with E-state index in [0.717, 1.165) is 37.2 Å². The SMILES string of the molecule is C[C@H](NC(=O)C1CC1)c1ccc(N2CC(Oc3ccnc(F)c3)C2)cc1. The van der Waals surface area contributed by atoms with E-state index >= 15 is 0 Å². The predicted molar refractivity (Wildman–Crippen MR) is 96.5 cm³/mol. The molecular weight excluding hydrogens is 333 g/mol. The molecule has 1 amide bonds. The van der Waals surface area contributed by atoms with E-state index in [9.17, 15) is 9.18 Å². The summed E-state index contributed by atoms with van der Waals surface area (Å²) in [5, 5.41) is 3.07. The Kier molecular flexibility index (Phi) is 4.49. The molecule has 4 rings (SSSR count). The Labute approximate surface area is 152 Å². The molecule has 2 fully saturated rings. The summed E-state index contributed by atoms with van der Waals surface area (Å²) in [4.78, 5) is 17.6. The maximum absolute atomic E-state index is 13.1. The van der Waals surface area contributed by atoms with Crippen LogP contribution in [0.25, 0.3) is 0 Å². The summed E-state index contributed by atoms with van der Waals surface area (Å²) in [5.74, 6) is 0.371. The molecule has 1 aromatic heterocycles. The van der Waals surface area contributed by atoms with Gasteiger partial charge in [-0.2, -0.15) is 4.39 Å². The number of amides is 1. The van der Waals surface area contributed by atoms with E-state index in [0.29, 0.717) is 5.75 Å². The summed E-state index contributed by atoms with van der Waals surface area (Å²) in [5.41, 5.74) is 2.22. The number of pyridine rings is 1. The number of ether oxygens (including phenoxy) is 1. The predicted octanol–water partition coefficient (Wildman–Crippen LogP) is 3.08. The van der Waals surface area contributed by atoms with E-state index in [-0.39, 0.29) is 24.0 Å². The van der Waals surface area contributed by atoms with Crippen molar-refractivity contribution in [2.45, 2.75) is 31.9 Å². The van der Waals surface area contributed by atoms with E-state index < -0.39 is 5.95 Å². The van der Waals surface area contributed by atoms with Crippen LogP contribution in [0.15, 0.2) is 42.6 Å². The van der Waals surface area contributed by atoms with Crippen LogP contribution >= 0.6 is 0 Å². The van der Waals surface area contributed by atoms with Crippen molar-refractivity contribution >= 4 is 11.6 Å². The fraction of sp³-hybridized carbons (Fsp3) is 0.400. The van der Waals surface area contributed by atoms with Crippen molar-refractivity contribution < 1.29 is 13.9 Å². The second kappa shape index (κ2) is 6.94. The van der Waals surface area contributed by atoms with Crippen molar-refractivity contribution in [2.75, 3.05) is 18.0 Å². The largest absolute Gasteiger partial charge is 0.487 e. The van der Waals surface area contributed by atoms with Crippen molar-refractivity contribution in [1.29, 1.82) is 0 Å². The van der Waals surface area contributed by atoms with Crippen molar-refractivity contribution in [1.82, 2.24) is 10.3 Å². The molecule has 2 heterocycles. The van der Waals surface area contributed by atoms with Gasteiger partial charge in [0.2, 0.25) is 11.9 Å². The van der Waals surface area contributed by atoms with Crippen molar-refractivity contribution in [2.24, 2.45) is 5.92 Å². The molecule has 6 heteroatoms. The summed E-state index contributed by atoms with van der Waals surface area (Å²) in [6.45, 7) is 3.53. The van der Waals surface area contributed by atoms with E-state index in [2.05, 4.69) is 39.5 Å². The molecule has 26 heavy (non-hydrogen) atoms. The molecule has 1 N–H and O–H groups in total. The van der Waals surface area contributed by atoms with Crippen LogP contribution in [0.5, 0.6) is 5.75 Å². The minimum Gasteiger partial charge on any atom is -0.487 e. The third kappa shape index (κ3) is 3.79. The fourth-order valence-corrected chi connectivity index (χ4v) is 3.11. The first kappa shape index (κ1) is 16.8. The van der Waals surface area contributed by atoms with E-state index in [1.807, 2.05) is 6.92 Å². The van der Waals surface area contributed by atoms with Crippen LogP contribution in [0.2, 0.25) is 0 Å². The van der Waals surface area contributed by atoms with Gasteiger partial charge in [0.1, 0.15) is 11.9 Å². The summed E-state index contributed by atoms with van der Waals surface area (Å²) >= 11 is 0. The average Bonchev–Trinajstić information content (AvgIpc) is 3.43. The lowest BCUT2D eigenvalue weighted by molar-refractivity contribution is -0.122. The number of nitrogens with one attached hydrogen (secondary N) is 1. The maximum Gasteiger partial charge on any atom is 0.223 e. The van der Waals surface area contributed by atoms with E-state index in [4.69, 9.17) is 4.74 Å². The molecule has 0 radical (unpaired) electrons. The lowest BCUT2D eigenvalue weighted by atomic mass is 10.1. The number of hydrogen-bond donors (Lipinski definition) is 1. The van der Waals surface area contributed by atoms with E-state index in [1.165, 1.54) is 12.3 Å². The highest BCUT2D eigenvalue weighted by Gasteiger charge is 2.31. The summed E-state index contributed by atoms with van der Waals surface area (Å²) in [6.07, 6.45) is 3.49. The molecule has 1 saturated heterocycles. The number of carbonyl (C=O) groups excluding carboxylic acids is 1. The van der Waals surface area contributed by atoms with Crippen LogP contribution in [-0.2, 0) is 4.79 Å². The molecule has 1 saturated carbocycles. The molecule has 0 unspecified atom stereocenters. The Bertz CT molecular complexity index is 786. The number of benzene rings is 1. The molecule has 2 aromatic rings. The van der Waals surface area contributed by atoms with Gasteiger partial charge in [0, 0.05) is 23.9 Å². The molecule has 1 atom stereocenters. The quantitative estimate of drug-likeness (QED) is 0.809. The molecule has 136 valence electrons. The van der Waals surface area contributed by atoms with Crippen LogP contribution in [0, 0.1) is 11.9 Å². The van der Waals surface area contributed by atoms with Crippen LogP contribution in [-0.4, -0.2) is 30.1 Å². The van der Waals surface area contributed by atoms with Crippen LogP contribution in [0.4, 0.5) is 10.1 Å². The highest BCUT2D eigenvalue weighted by Crippen LogP contribution is 2.30. The number of nitrogens with zero attached hydrogens (tertiary/aromatic N) is 2. The summed E-state index contributed by atoms with van der Waals surface area (Å²) in [6, 6.07) is 11.2. The average molecular weight is 355 g/mol. The van der Waals surface area contributed by atoms with Crippen LogP contribution < -0.4 is 15.0 Å². The van der Waals surface area contributed by atoms with Gasteiger partial charge in [-0.3, -0.25) is 4.79 Å². The second-order valence-electron chi connectivity index (χ2n) is 7.06. The lowest BCUT2D eigenvalue weighted by Crippen LogP contribution is -2.54. The van der Waals surface area contributed by atoms with Crippen molar-refractivity contribution in [3.05, 3.63) is 54.1 Å². The normalized spacial score (nSPS) is 18.2. The van der Waals surface area contributed by atoms with Gasteiger partial charge in [-0.25, -0.2) is 4.98 Å². The second-order valence-corrected chi connectivity index (χ2v) is 7.06. The maximum atomic E-state index is 13.1. The molecule has 5 nitrogen and oxygen atoms in total. The van der Waals surface area contributed by atoms with Gasteiger partial charge >= 0.3 is 0 Å².